The molecular formula is C9H9NO3. The number of carboxylic acids is 1. The summed E-state index contributed by atoms with van der Waals surface area (Å²) in [5.74, 6) is -0.999. The topological polar surface area (TPSA) is 57.6 Å². The van der Waals surface area contributed by atoms with E-state index in [0.29, 0.717) is 12.1 Å². The smallest absolute Gasteiger partial charge is 0.335 e. The molecular weight excluding hydrogens is 170 g/mol. The van der Waals surface area contributed by atoms with Gasteiger partial charge in [-0.25, -0.2) is 4.79 Å². The number of carboxylic acid groups (broad SMARTS) is 1. The van der Waals surface area contributed by atoms with Crippen LogP contribution in [0, 0.1) is 0 Å². The Labute approximate surface area is 75.4 Å². The van der Waals surface area contributed by atoms with Crippen LogP contribution in [0.2, 0.25) is 0 Å². The molecule has 0 aromatic heterocycles. The van der Waals surface area contributed by atoms with E-state index in [0.717, 1.165) is 0 Å². The van der Waals surface area contributed by atoms with Crippen molar-refractivity contribution in [2.75, 3.05) is 11.9 Å². The fraction of sp³-hybridized carbons (Fsp3) is 0.111. The van der Waals surface area contributed by atoms with E-state index in [9.17, 15) is 9.59 Å². The predicted octanol–water partition coefficient (Wildman–Crippen LogP) is 0.977. The molecule has 0 heterocycles. The van der Waals surface area contributed by atoms with Crippen LogP contribution < -0.4 is 4.90 Å². The SMILES string of the molecule is CN(C=O)c1cccc(C(=O)O)c1. The molecule has 0 unspecified atom stereocenters. The van der Waals surface area contributed by atoms with Crippen LogP contribution in [-0.2, 0) is 4.79 Å². The summed E-state index contributed by atoms with van der Waals surface area (Å²) >= 11 is 0. The van der Waals surface area contributed by atoms with Crippen LogP contribution in [0.15, 0.2) is 24.3 Å². The van der Waals surface area contributed by atoms with Gasteiger partial charge in [0.05, 0.1) is 5.56 Å². The zero-order chi connectivity index (χ0) is 9.84. The summed E-state index contributed by atoms with van der Waals surface area (Å²) in [4.78, 5) is 22.2. The van der Waals surface area contributed by atoms with Crippen molar-refractivity contribution >= 4 is 18.1 Å². The zero-order valence-electron chi connectivity index (χ0n) is 7.10. The molecule has 1 N–H and O–H groups in total. The van der Waals surface area contributed by atoms with Crippen molar-refractivity contribution in [2.24, 2.45) is 0 Å². The summed E-state index contributed by atoms with van der Waals surface area (Å²) in [6.07, 6.45) is 0.626. The average molecular weight is 179 g/mol. The Balaban J connectivity index is 3.04. The van der Waals surface area contributed by atoms with Crippen LogP contribution in [0.3, 0.4) is 0 Å². The third-order valence-electron chi connectivity index (χ3n) is 1.66. The molecule has 0 saturated carbocycles. The highest BCUT2D eigenvalue weighted by Gasteiger charge is 2.04. The van der Waals surface area contributed by atoms with E-state index < -0.39 is 5.97 Å². The van der Waals surface area contributed by atoms with Crippen LogP contribution in [0.1, 0.15) is 10.4 Å². The second kappa shape index (κ2) is 3.71. The van der Waals surface area contributed by atoms with E-state index in [-0.39, 0.29) is 5.56 Å². The monoisotopic (exact) mass is 179 g/mol. The number of hydrogen-bond acceptors (Lipinski definition) is 2. The fourth-order valence-electron chi connectivity index (χ4n) is 0.919. The van der Waals surface area contributed by atoms with Gasteiger partial charge in [-0.15, -0.1) is 0 Å². The first-order valence-corrected chi connectivity index (χ1v) is 3.66. The fourth-order valence-corrected chi connectivity index (χ4v) is 0.919. The van der Waals surface area contributed by atoms with Gasteiger partial charge in [0.1, 0.15) is 0 Å². The third-order valence-corrected chi connectivity index (χ3v) is 1.66. The summed E-state index contributed by atoms with van der Waals surface area (Å²) < 4.78 is 0. The highest BCUT2D eigenvalue weighted by molar-refractivity contribution is 5.89. The maximum absolute atomic E-state index is 10.6. The van der Waals surface area contributed by atoms with Crippen molar-refractivity contribution in [1.29, 1.82) is 0 Å². The normalized spacial score (nSPS) is 9.31. The molecule has 1 amide bonds. The van der Waals surface area contributed by atoms with Gasteiger partial charge in [-0.3, -0.25) is 4.79 Å². The van der Waals surface area contributed by atoms with Gasteiger partial charge >= 0.3 is 5.97 Å². The predicted molar refractivity (Wildman–Crippen MR) is 47.9 cm³/mol. The van der Waals surface area contributed by atoms with Gasteiger partial charge in [-0.05, 0) is 18.2 Å². The molecule has 1 aromatic rings. The molecule has 0 aliphatic heterocycles. The van der Waals surface area contributed by atoms with Gasteiger partial charge in [-0.1, -0.05) is 6.07 Å². The first-order chi connectivity index (χ1) is 6.15. The lowest BCUT2D eigenvalue weighted by molar-refractivity contribution is -0.107. The summed E-state index contributed by atoms with van der Waals surface area (Å²) in [5.41, 5.74) is 0.737. The van der Waals surface area contributed by atoms with E-state index in [1.165, 1.54) is 17.0 Å². The minimum Gasteiger partial charge on any atom is -0.478 e. The van der Waals surface area contributed by atoms with Crippen LogP contribution in [-0.4, -0.2) is 24.5 Å². The van der Waals surface area contributed by atoms with Crippen molar-refractivity contribution in [3.63, 3.8) is 0 Å². The van der Waals surface area contributed by atoms with E-state index in [1.54, 1.807) is 19.2 Å². The molecule has 0 atom stereocenters. The van der Waals surface area contributed by atoms with Gasteiger partial charge < -0.3 is 10.0 Å². The second-order valence-electron chi connectivity index (χ2n) is 2.57. The number of carbonyl (C=O) groups is 2. The quantitative estimate of drug-likeness (QED) is 0.703. The number of amides is 1. The summed E-state index contributed by atoms with van der Waals surface area (Å²) in [6.45, 7) is 0. The van der Waals surface area contributed by atoms with Gasteiger partial charge in [-0.2, -0.15) is 0 Å². The number of rotatable bonds is 3. The maximum Gasteiger partial charge on any atom is 0.335 e. The minimum atomic E-state index is -0.999. The number of nitrogens with zero attached hydrogens (tertiary/aromatic N) is 1. The van der Waals surface area contributed by atoms with Crippen molar-refractivity contribution in [3.8, 4) is 0 Å². The lowest BCUT2D eigenvalue weighted by Crippen LogP contribution is -2.14. The molecule has 68 valence electrons. The Morgan fingerprint density at radius 1 is 1.54 bits per heavy atom. The first-order valence-electron chi connectivity index (χ1n) is 3.66. The van der Waals surface area contributed by atoms with Crippen molar-refractivity contribution < 1.29 is 14.7 Å². The first kappa shape index (κ1) is 9.25. The lowest BCUT2D eigenvalue weighted by Gasteiger charge is -2.10. The number of hydrogen-bond donors (Lipinski definition) is 1. The molecule has 4 nitrogen and oxygen atoms in total. The number of anilines is 1. The largest absolute Gasteiger partial charge is 0.478 e. The van der Waals surface area contributed by atoms with Crippen LogP contribution in [0.4, 0.5) is 5.69 Å². The standard InChI is InChI=1S/C9H9NO3/c1-10(6-11)8-4-2-3-7(5-8)9(12)13/h2-6H,1H3,(H,12,13). The Morgan fingerprint density at radius 2 is 2.23 bits per heavy atom. The summed E-state index contributed by atoms with van der Waals surface area (Å²) in [7, 11) is 1.56. The van der Waals surface area contributed by atoms with Crippen molar-refractivity contribution in [2.45, 2.75) is 0 Å². The number of aromatic carboxylic acids is 1. The maximum atomic E-state index is 10.6. The van der Waals surface area contributed by atoms with Gasteiger partial charge in [0.2, 0.25) is 6.41 Å². The molecule has 0 saturated heterocycles. The molecule has 0 bridgehead atoms. The molecule has 1 aromatic carbocycles. The third kappa shape index (κ3) is 2.05. The average Bonchev–Trinajstić information content (AvgIpc) is 2.17. The van der Waals surface area contributed by atoms with E-state index >= 15 is 0 Å². The molecule has 4 heteroatoms. The Kier molecular flexibility index (Phi) is 2.64. The lowest BCUT2D eigenvalue weighted by atomic mass is 10.2. The molecule has 0 radical (unpaired) electrons. The molecule has 1 rings (SSSR count). The summed E-state index contributed by atoms with van der Waals surface area (Å²) in [5, 5.41) is 8.66. The van der Waals surface area contributed by atoms with E-state index in [2.05, 4.69) is 0 Å². The molecule has 0 aliphatic carbocycles. The molecule has 13 heavy (non-hydrogen) atoms. The molecule has 0 fully saturated rings. The highest BCUT2D eigenvalue weighted by atomic mass is 16.4. The Morgan fingerprint density at radius 3 is 2.77 bits per heavy atom. The van der Waals surface area contributed by atoms with E-state index in [1.807, 2.05) is 0 Å². The van der Waals surface area contributed by atoms with Crippen molar-refractivity contribution in [3.05, 3.63) is 29.8 Å². The van der Waals surface area contributed by atoms with E-state index in [4.69, 9.17) is 5.11 Å². The number of carbonyl (C=O) groups excluding carboxylic acids is 1. The Bertz CT molecular complexity index is 335. The summed E-state index contributed by atoms with van der Waals surface area (Å²) in [6, 6.07) is 6.18. The van der Waals surface area contributed by atoms with Gasteiger partial charge in [0, 0.05) is 12.7 Å². The zero-order valence-corrected chi connectivity index (χ0v) is 7.10. The van der Waals surface area contributed by atoms with Gasteiger partial charge in [0.15, 0.2) is 0 Å². The van der Waals surface area contributed by atoms with Crippen LogP contribution in [0.5, 0.6) is 0 Å². The minimum absolute atomic E-state index is 0.172. The Hall–Kier alpha value is -1.84. The van der Waals surface area contributed by atoms with Crippen LogP contribution in [0.25, 0.3) is 0 Å². The number of benzene rings is 1. The van der Waals surface area contributed by atoms with Crippen LogP contribution >= 0.6 is 0 Å². The second-order valence-corrected chi connectivity index (χ2v) is 2.57. The van der Waals surface area contributed by atoms with Crippen molar-refractivity contribution in [1.82, 2.24) is 0 Å². The molecule has 0 spiro atoms. The van der Waals surface area contributed by atoms with Gasteiger partial charge in [0.25, 0.3) is 0 Å². The molecule has 0 aliphatic rings. The highest BCUT2D eigenvalue weighted by Crippen LogP contribution is 2.13.